The number of hydrogen-bond acceptors (Lipinski definition) is 4. The van der Waals surface area contributed by atoms with Gasteiger partial charge < -0.3 is 10.4 Å². The van der Waals surface area contributed by atoms with Crippen LogP contribution in [0.4, 0.5) is 5.82 Å². The van der Waals surface area contributed by atoms with Crippen LogP contribution in [0.2, 0.25) is 0 Å². The number of carboxylic acids is 1. The maximum atomic E-state index is 11.8. The van der Waals surface area contributed by atoms with Gasteiger partial charge >= 0.3 is 5.97 Å². The monoisotopic (exact) mass is 249 g/mol. The Bertz CT molecular complexity index is 456. The summed E-state index contributed by atoms with van der Waals surface area (Å²) in [5.41, 5.74) is -0.225. The summed E-state index contributed by atoms with van der Waals surface area (Å²) in [6.07, 6.45) is 7.55. The lowest BCUT2D eigenvalue weighted by molar-refractivity contribution is -0.117. The largest absolute Gasteiger partial charge is 0.476 e. The number of carbonyl (C=O) groups excluding carboxylic acids is 1. The van der Waals surface area contributed by atoms with Crippen molar-refractivity contribution in [2.45, 2.75) is 32.1 Å². The molecule has 2 rings (SSSR count). The second-order valence-electron chi connectivity index (χ2n) is 4.46. The summed E-state index contributed by atoms with van der Waals surface area (Å²) in [6, 6.07) is 0. The molecule has 1 saturated carbocycles. The van der Waals surface area contributed by atoms with Crippen LogP contribution in [0.3, 0.4) is 0 Å². The molecular weight excluding hydrogens is 234 g/mol. The van der Waals surface area contributed by atoms with Gasteiger partial charge in [-0.1, -0.05) is 12.8 Å². The molecule has 0 saturated heterocycles. The molecule has 1 amide bonds. The van der Waals surface area contributed by atoms with Crippen LogP contribution < -0.4 is 5.32 Å². The molecule has 6 nitrogen and oxygen atoms in total. The van der Waals surface area contributed by atoms with Crippen LogP contribution in [-0.4, -0.2) is 27.0 Å². The third-order valence-electron chi connectivity index (χ3n) is 3.11. The van der Waals surface area contributed by atoms with Crippen molar-refractivity contribution in [2.75, 3.05) is 5.32 Å². The van der Waals surface area contributed by atoms with E-state index in [1.807, 2.05) is 0 Å². The predicted molar refractivity (Wildman–Crippen MR) is 64.2 cm³/mol. The fourth-order valence-electron chi connectivity index (χ4n) is 2.25. The van der Waals surface area contributed by atoms with Gasteiger partial charge in [-0.3, -0.25) is 4.79 Å². The molecular formula is C12H15N3O3. The Kier molecular flexibility index (Phi) is 3.86. The Labute approximate surface area is 104 Å². The lowest BCUT2D eigenvalue weighted by atomic mass is 10.0. The maximum Gasteiger partial charge on any atom is 0.358 e. The number of carbonyl (C=O) groups is 2. The SMILES string of the molecule is O=C(CC1CCCC1)Nc1nccnc1C(=O)O. The highest BCUT2D eigenvalue weighted by Crippen LogP contribution is 2.27. The summed E-state index contributed by atoms with van der Waals surface area (Å²) >= 11 is 0. The second kappa shape index (κ2) is 5.57. The molecule has 1 heterocycles. The zero-order valence-corrected chi connectivity index (χ0v) is 9.93. The van der Waals surface area contributed by atoms with E-state index < -0.39 is 5.97 Å². The standard InChI is InChI=1S/C12H15N3O3/c16-9(7-8-3-1-2-4-8)15-11-10(12(17)18)13-5-6-14-11/h5-6,8H,1-4,7H2,(H,17,18)(H,14,15,16). The van der Waals surface area contributed by atoms with E-state index >= 15 is 0 Å². The van der Waals surface area contributed by atoms with Crippen molar-refractivity contribution in [3.05, 3.63) is 18.1 Å². The molecule has 1 aromatic heterocycles. The Morgan fingerprint density at radius 1 is 1.28 bits per heavy atom. The van der Waals surface area contributed by atoms with Crippen LogP contribution in [0.15, 0.2) is 12.4 Å². The number of nitrogens with one attached hydrogen (secondary N) is 1. The molecule has 1 fully saturated rings. The van der Waals surface area contributed by atoms with Crippen LogP contribution in [-0.2, 0) is 4.79 Å². The normalized spacial score (nSPS) is 15.6. The van der Waals surface area contributed by atoms with Gasteiger partial charge in [0.15, 0.2) is 11.5 Å². The average Bonchev–Trinajstić information content (AvgIpc) is 2.82. The van der Waals surface area contributed by atoms with Gasteiger partial charge in [0.1, 0.15) is 0 Å². The van der Waals surface area contributed by atoms with Crippen LogP contribution in [0.1, 0.15) is 42.6 Å². The molecule has 0 aromatic carbocycles. The van der Waals surface area contributed by atoms with E-state index in [2.05, 4.69) is 15.3 Å². The first kappa shape index (κ1) is 12.5. The molecule has 1 aliphatic rings. The van der Waals surface area contributed by atoms with E-state index in [0.29, 0.717) is 12.3 Å². The van der Waals surface area contributed by atoms with Crippen molar-refractivity contribution in [1.29, 1.82) is 0 Å². The minimum atomic E-state index is -1.20. The molecule has 0 unspecified atom stereocenters. The molecule has 0 radical (unpaired) electrons. The molecule has 0 aliphatic heterocycles. The number of carboxylic acid groups (broad SMARTS) is 1. The molecule has 1 aliphatic carbocycles. The molecule has 96 valence electrons. The van der Waals surface area contributed by atoms with Crippen molar-refractivity contribution in [2.24, 2.45) is 5.92 Å². The molecule has 18 heavy (non-hydrogen) atoms. The molecule has 0 spiro atoms. The number of rotatable bonds is 4. The zero-order valence-electron chi connectivity index (χ0n) is 9.93. The Balaban J connectivity index is 2.00. The van der Waals surface area contributed by atoms with E-state index in [9.17, 15) is 9.59 Å². The smallest absolute Gasteiger partial charge is 0.358 e. The highest BCUT2D eigenvalue weighted by atomic mass is 16.4. The van der Waals surface area contributed by atoms with Gasteiger partial charge in [-0.25, -0.2) is 14.8 Å². The van der Waals surface area contributed by atoms with Gasteiger partial charge in [0.05, 0.1) is 0 Å². The molecule has 0 atom stereocenters. The Hall–Kier alpha value is -1.98. The quantitative estimate of drug-likeness (QED) is 0.847. The van der Waals surface area contributed by atoms with Crippen molar-refractivity contribution in [3.8, 4) is 0 Å². The van der Waals surface area contributed by atoms with Gasteiger partial charge in [0.25, 0.3) is 0 Å². The van der Waals surface area contributed by atoms with E-state index in [1.165, 1.54) is 25.2 Å². The van der Waals surface area contributed by atoms with Crippen molar-refractivity contribution in [3.63, 3.8) is 0 Å². The van der Waals surface area contributed by atoms with Crippen LogP contribution in [0, 0.1) is 5.92 Å². The minimum Gasteiger partial charge on any atom is -0.476 e. The lowest BCUT2D eigenvalue weighted by Crippen LogP contribution is -2.18. The molecule has 1 aromatic rings. The van der Waals surface area contributed by atoms with E-state index in [4.69, 9.17) is 5.11 Å². The number of hydrogen-bond donors (Lipinski definition) is 2. The summed E-state index contributed by atoms with van der Waals surface area (Å²) < 4.78 is 0. The minimum absolute atomic E-state index is 0.0213. The zero-order chi connectivity index (χ0) is 13.0. The van der Waals surface area contributed by atoms with E-state index in [-0.39, 0.29) is 17.4 Å². The number of aromatic nitrogens is 2. The second-order valence-corrected chi connectivity index (χ2v) is 4.46. The Morgan fingerprint density at radius 2 is 1.94 bits per heavy atom. The summed E-state index contributed by atoms with van der Waals surface area (Å²) in [5.74, 6) is -0.952. The third-order valence-corrected chi connectivity index (χ3v) is 3.11. The van der Waals surface area contributed by atoms with Gasteiger partial charge in [-0.2, -0.15) is 0 Å². The molecule has 2 N–H and O–H groups in total. The highest BCUT2D eigenvalue weighted by Gasteiger charge is 2.20. The van der Waals surface area contributed by atoms with Gasteiger partial charge in [0.2, 0.25) is 5.91 Å². The summed E-state index contributed by atoms with van der Waals surface area (Å²) in [5, 5.41) is 11.4. The van der Waals surface area contributed by atoms with Crippen molar-refractivity contribution in [1.82, 2.24) is 9.97 Å². The summed E-state index contributed by atoms with van der Waals surface area (Å²) in [7, 11) is 0. The number of amides is 1. The third kappa shape index (κ3) is 3.03. The summed E-state index contributed by atoms with van der Waals surface area (Å²) in [4.78, 5) is 30.2. The fraction of sp³-hybridized carbons (Fsp3) is 0.500. The molecule has 0 bridgehead atoms. The molecule has 6 heteroatoms. The first-order valence-electron chi connectivity index (χ1n) is 6.01. The van der Waals surface area contributed by atoms with E-state index in [1.54, 1.807) is 0 Å². The maximum absolute atomic E-state index is 11.8. The van der Waals surface area contributed by atoms with Crippen molar-refractivity contribution >= 4 is 17.7 Å². The van der Waals surface area contributed by atoms with Gasteiger partial charge in [0, 0.05) is 18.8 Å². The first-order valence-corrected chi connectivity index (χ1v) is 6.01. The first-order chi connectivity index (χ1) is 8.66. The van der Waals surface area contributed by atoms with Crippen LogP contribution in [0.5, 0.6) is 0 Å². The van der Waals surface area contributed by atoms with Crippen molar-refractivity contribution < 1.29 is 14.7 Å². The predicted octanol–water partition coefficient (Wildman–Crippen LogP) is 1.69. The van der Waals surface area contributed by atoms with Gasteiger partial charge in [-0.15, -0.1) is 0 Å². The highest BCUT2D eigenvalue weighted by molar-refractivity contribution is 5.97. The lowest BCUT2D eigenvalue weighted by Gasteiger charge is -2.09. The van der Waals surface area contributed by atoms with Crippen LogP contribution >= 0.6 is 0 Å². The van der Waals surface area contributed by atoms with Gasteiger partial charge in [-0.05, 0) is 18.8 Å². The topological polar surface area (TPSA) is 92.2 Å². The summed E-state index contributed by atoms with van der Waals surface area (Å²) in [6.45, 7) is 0. The Morgan fingerprint density at radius 3 is 2.61 bits per heavy atom. The number of nitrogens with zero attached hydrogens (tertiary/aromatic N) is 2. The average molecular weight is 249 g/mol. The fourth-order valence-corrected chi connectivity index (χ4v) is 2.25. The number of anilines is 1. The van der Waals surface area contributed by atoms with Crippen LogP contribution in [0.25, 0.3) is 0 Å². The van der Waals surface area contributed by atoms with E-state index in [0.717, 1.165) is 12.8 Å². The number of aromatic carboxylic acids is 1.